The van der Waals surface area contributed by atoms with Gasteiger partial charge in [0.05, 0.1) is 18.8 Å². The first-order valence-electron chi connectivity index (χ1n) is 9.30. The van der Waals surface area contributed by atoms with Gasteiger partial charge in [-0.05, 0) is 81.7 Å². The summed E-state index contributed by atoms with van der Waals surface area (Å²) in [5, 5.41) is 10.3. The Morgan fingerprint density at radius 3 is 2.09 bits per heavy atom. The summed E-state index contributed by atoms with van der Waals surface area (Å²) in [4.78, 5) is 2.41. The molecule has 5 aliphatic rings. The maximum absolute atomic E-state index is 10.3. The minimum Gasteiger partial charge on any atom is -1.00 e. The minimum absolute atomic E-state index is 0. The van der Waals surface area contributed by atoms with Crippen LogP contribution in [0.2, 0.25) is 0 Å². The molecule has 4 bridgehead atoms. The third kappa shape index (κ3) is 3.63. The summed E-state index contributed by atoms with van der Waals surface area (Å²) in [5.41, 5.74) is 0. The number of rotatable bonds is 5. The Morgan fingerprint density at radius 2 is 1.50 bits per heavy atom. The molecule has 1 unspecified atom stereocenters. The van der Waals surface area contributed by atoms with Crippen LogP contribution < -0.4 is 12.4 Å². The number of nitrogens with zero attached hydrogens (tertiary/aromatic N) is 1. The van der Waals surface area contributed by atoms with Gasteiger partial charge in [-0.3, -0.25) is 0 Å². The van der Waals surface area contributed by atoms with Crippen molar-refractivity contribution >= 4 is 0 Å². The van der Waals surface area contributed by atoms with Gasteiger partial charge >= 0.3 is 0 Å². The van der Waals surface area contributed by atoms with Crippen LogP contribution in [-0.2, 0) is 4.74 Å². The van der Waals surface area contributed by atoms with Gasteiger partial charge in [0.1, 0.15) is 0 Å². The Labute approximate surface area is 141 Å². The van der Waals surface area contributed by atoms with E-state index in [9.17, 15) is 5.11 Å². The van der Waals surface area contributed by atoms with Crippen molar-refractivity contribution in [2.24, 2.45) is 23.7 Å². The van der Waals surface area contributed by atoms with E-state index in [1.54, 1.807) is 0 Å². The second-order valence-corrected chi connectivity index (χ2v) is 8.24. The van der Waals surface area contributed by atoms with Crippen molar-refractivity contribution in [1.82, 2.24) is 4.90 Å². The molecular weight excluding hydrogens is 298 g/mol. The van der Waals surface area contributed by atoms with Crippen molar-refractivity contribution in [1.29, 1.82) is 0 Å². The van der Waals surface area contributed by atoms with Gasteiger partial charge in [0.2, 0.25) is 0 Å². The molecule has 0 amide bonds. The molecule has 0 spiro atoms. The summed E-state index contributed by atoms with van der Waals surface area (Å²) < 4.78 is 6.25. The van der Waals surface area contributed by atoms with E-state index in [0.29, 0.717) is 12.7 Å². The molecule has 1 aliphatic heterocycles. The standard InChI is InChI=1S/C18H31NO2.ClH/c20-17(11-19-4-2-1-3-5-19)12-21-18-15-7-13-6-14(9-15)10-16(18)8-13;/h13-18,20H,1-12H2;1H/p-1. The second kappa shape index (κ2) is 7.38. The third-order valence-corrected chi connectivity index (χ3v) is 6.54. The van der Waals surface area contributed by atoms with Crippen LogP contribution in [0.1, 0.15) is 51.4 Å². The van der Waals surface area contributed by atoms with Crippen LogP contribution in [0.3, 0.4) is 0 Å². The highest BCUT2D eigenvalue weighted by molar-refractivity contribution is 4.99. The number of halogens is 1. The van der Waals surface area contributed by atoms with E-state index in [1.807, 2.05) is 0 Å². The Hall–Kier alpha value is 0.170. The van der Waals surface area contributed by atoms with Gasteiger partial charge < -0.3 is 27.2 Å². The monoisotopic (exact) mass is 328 g/mol. The van der Waals surface area contributed by atoms with Crippen LogP contribution in [-0.4, -0.2) is 48.5 Å². The van der Waals surface area contributed by atoms with Gasteiger partial charge in [0.25, 0.3) is 0 Å². The number of hydrogen-bond donors (Lipinski definition) is 1. The molecule has 4 aliphatic carbocycles. The molecule has 1 saturated heterocycles. The molecule has 1 N–H and O–H groups in total. The summed E-state index contributed by atoms with van der Waals surface area (Å²) in [6.07, 6.45) is 11.2. The number of aliphatic hydroxyl groups is 1. The van der Waals surface area contributed by atoms with E-state index in [4.69, 9.17) is 4.74 Å². The summed E-state index contributed by atoms with van der Waals surface area (Å²) in [6, 6.07) is 0. The Morgan fingerprint density at radius 1 is 0.909 bits per heavy atom. The first-order chi connectivity index (χ1) is 10.3. The fourth-order valence-electron chi connectivity index (χ4n) is 5.86. The van der Waals surface area contributed by atoms with Gasteiger partial charge in [-0.1, -0.05) is 6.42 Å². The van der Waals surface area contributed by atoms with Crippen LogP contribution >= 0.6 is 0 Å². The molecule has 0 aromatic heterocycles. The third-order valence-electron chi connectivity index (χ3n) is 6.54. The number of hydrogen-bond acceptors (Lipinski definition) is 3. The normalized spacial score (nSPS) is 42.1. The summed E-state index contributed by atoms with van der Waals surface area (Å²) in [7, 11) is 0. The number of ether oxygens (including phenoxy) is 1. The predicted molar refractivity (Wildman–Crippen MR) is 83.1 cm³/mol. The molecule has 1 heterocycles. The Bertz CT molecular complexity index is 331. The Kier molecular flexibility index (Phi) is 5.70. The van der Waals surface area contributed by atoms with Gasteiger partial charge in [-0.2, -0.15) is 0 Å². The molecule has 0 radical (unpaired) electrons. The van der Waals surface area contributed by atoms with Crippen LogP contribution in [0, 0.1) is 23.7 Å². The quantitative estimate of drug-likeness (QED) is 0.751. The topological polar surface area (TPSA) is 32.7 Å². The maximum atomic E-state index is 10.3. The first-order valence-corrected chi connectivity index (χ1v) is 9.30. The Balaban J connectivity index is 0.00000144. The molecule has 5 fully saturated rings. The van der Waals surface area contributed by atoms with Gasteiger partial charge in [-0.25, -0.2) is 0 Å². The summed E-state index contributed by atoms with van der Waals surface area (Å²) >= 11 is 0. The first kappa shape index (κ1) is 17.0. The van der Waals surface area contributed by atoms with Crippen molar-refractivity contribution in [3.05, 3.63) is 0 Å². The largest absolute Gasteiger partial charge is 1.00 e. The highest BCUT2D eigenvalue weighted by Gasteiger charge is 2.48. The van der Waals surface area contributed by atoms with E-state index in [2.05, 4.69) is 4.90 Å². The van der Waals surface area contributed by atoms with Crippen molar-refractivity contribution in [2.75, 3.05) is 26.2 Å². The average Bonchev–Trinajstić information content (AvgIpc) is 2.47. The van der Waals surface area contributed by atoms with Crippen LogP contribution in [0.5, 0.6) is 0 Å². The van der Waals surface area contributed by atoms with Gasteiger partial charge in [-0.15, -0.1) is 0 Å². The number of piperidine rings is 1. The van der Waals surface area contributed by atoms with E-state index < -0.39 is 0 Å². The second-order valence-electron chi connectivity index (χ2n) is 8.24. The molecule has 5 rings (SSSR count). The van der Waals surface area contributed by atoms with Gasteiger partial charge in [0, 0.05) is 6.54 Å². The maximum Gasteiger partial charge on any atom is 0.0900 e. The predicted octanol–water partition coefficient (Wildman–Crippen LogP) is -0.321. The summed E-state index contributed by atoms with van der Waals surface area (Å²) in [5.74, 6) is 3.63. The average molecular weight is 329 g/mol. The molecule has 0 aromatic carbocycles. The smallest absolute Gasteiger partial charge is 0.0900 e. The van der Waals surface area contributed by atoms with Gasteiger partial charge in [0.15, 0.2) is 0 Å². The highest BCUT2D eigenvalue weighted by Crippen LogP contribution is 2.54. The molecule has 3 nitrogen and oxygen atoms in total. The number of likely N-dealkylation sites (tertiary alicyclic amines) is 1. The molecule has 22 heavy (non-hydrogen) atoms. The molecule has 4 heteroatoms. The SMILES string of the molecule is OC(COC1C2CC3CC(C2)CC1C3)CN1CCCCC1.[Cl-]. The lowest BCUT2D eigenvalue weighted by molar-refractivity contribution is -0.141. The van der Waals surface area contributed by atoms with Crippen molar-refractivity contribution in [3.63, 3.8) is 0 Å². The minimum atomic E-state index is -0.291. The molecule has 0 aromatic rings. The lowest BCUT2D eigenvalue weighted by Gasteiger charge is -2.54. The molecule has 4 saturated carbocycles. The van der Waals surface area contributed by atoms with Crippen LogP contribution in [0.15, 0.2) is 0 Å². The van der Waals surface area contributed by atoms with E-state index in [1.165, 1.54) is 51.4 Å². The van der Waals surface area contributed by atoms with Crippen molar-refractivity contribution < 1.29 is 22.3 Å². The zero-order valence-electron chi connectivity index (χ0n) is 13.6. The zero-order valence-corrected chi connectivity index (χ0v) is 14.4. The lowest BCUT2D eigenvalue weighted by Crippen LogP contribution is -3.00. The fourth-order valence-corrected chi connectivity index (χ4v) is 5.86. The lowest BCUT2D eigenvalue weighted by atomic mass is 9.55. The van der Waals surface area contributed by atoms with E-state index >= 15 is 0 Å². The highest BCUT2D eigenvalue weighted by atomic mass is 35.5. The van der Waals surface area contributed by atoms with E-state index in [-0.39, 0.29) is 18.5 Å². The summed E-state index contributed by atoms with van der Waals surface area (Å²) in [6.45, 7) is 3.70. The molecule has 128 valence electrons. The number of β-amino-alcohol motifs (C(OH)–C–C–N with tert-alkyl or cyclic N) is 1. The zero-order chi connectivity index (χ0) is 14.2. The van der Waals surface area contributed by atoms with E-state index in [0.717, 1.165) is 43.3 Å². The molecule has 1 atom stereocenters. The molecular formula is C18H31ClNO2-. The van der Waals surface area contributed by atoms with Crippen molar-refractivity contribution in [2.45, 2.75) is 63.6 Å². The number of aliphatic hydroxyl groups excluding tert-OH is 1. The van der Waals surface area contributed by atoms with Crippen LogP contribution in [0.4, 0.5) is 0 Å². The van der Waals surface area contributed by atoms with Crippen molar-refractivity contribution in [3.8, 4) is 0 Å². The fraction of sp³-hybridized carbons (Fsp3) is 1.00. The van der Waals surface area contributed by atoms with Crippen LogP contribution in [0.25, 0.3) is 0 Å².